The fraction of sp³-hybridized carbons (Fsp3) is 0.143. The summed E-state index contributed by atoms with van der Waals surface area (Å²) in [7, 11) is -1.13. The molecule has 0 radical (unpaired) electrons. The molecule has 4 aromatic rings. The van der Waals surface area contributed by atoms with Crippen molar-refractivity contribution in [2.45, 2.75) is 6.42 Å². The molecule has 11 heteroatoms. The first kappa shape index (κ1) is 21.7. The highest BCUT2D eigenvalue weighted by Gasteiger charge is 2.17. The number of nitrogens with zero attached hydrogens (tertiary/aromatic N) is 2. The van der Waals surface area contributed by atoms with Gasteiger partial charge in [-0.1, -0.05) is 6.07 Å². The summed E-state index contributed by atoms with van der Waals surface area (Å²) in [5.74, 6) is -1.49. The van der Waals surface area contributed by atoms with Crippen LogP contribution in [-0.2, 0) is 24.4 Å². The van der Waals surface area contributed by atoms with Gasteiger partial charge in [0, 0.05) is 42.4 Å². The number of benzene rings is 2. The molecular formula is C21H18F2N4O4S. The summed E-state index contributed by atoms with van der Waals surface area (Å²) >= 11 is 0. The molecule has 0 unspecified atom stereocenters. The molecule has 0 spiro atoms. The van der Waals surface area contributed by atoms with Gasteiger partial charge in [0.1, 0.15) is 17.1 Å². The van der Waals surface area contributed by atoms with Crippen LogP contribution in [0.1, 0.15) is 5.56 Å². The minimum Gasteiger partial charge on any atom is -0.454 e. The fourth-order valence-electron chi connectivity index (χ4n) is 3.37. The van der Waals surface area contributed by atoms with E-state index in [4.69, 9.17) is 4.74 Å². The van der Waals surface area contributed by atoms with E-state index in [9.17, 15) is 22.0 Å². The Balaban J connectivity index is 1.85. The zero-order valence-corrected chi connectivity index (χ0v) is 17.7. The number of halogens is 2. The van der Waals surface area contributed by atoms with Gasteiger partial charge < -0.3 is 9.30 Å². The first-order chi connectivity index (χ1) is 15.3. The van der Waals surface area contributed by atoms with E-state index in [1.165, 1.54) is 16.8 Å². The van der Waals surface area contributed by atoms with Crippen molar-refractivity contribution in [2.75, 3.05) is 6.54 Å². The standard InChI is InChI=1S/C21H18F2N4O4S/c1-27-11-16(15-10-24-26-20(15)21(27)28)14-8-12(6-7-25-32(29)30)2-4-18(14)31-19-5-3-13(22)9-17(19)23/h2-5,8-11,32H,6-7H2,1H3,(H,24,26)(H,25,29,30). The monoisotopic (exact) mass is 460 g/mol. The van der Waals surface area contributed by atoms with E-state index >= 15 is 0 Å². The number of pyridine rings is 1. The number of aromatic amines is 1. The van der Waals surface area contributed by atoms with Crippen LogP contribution in [0.2, 0.25) is 0 Å². The third-order valence-corrected chi connectivity index (χ3v) is 5.37. The number of ether oxygens (including phenoxy) is 1. The molecule has 0 aliphatic carbocycles. The van der Waals surface area contributed by atoms with Crippen LogP contribution in [0.5, 0.6) is 11.5 Å². The average Bonchev–Trinajstić information content (AvgIpc) is 3.23. The van der Waals surface area contributed by atoms with Crippen molar-refractivity contribution in [3.63, 3.8) is 0 Å². The van der Waals surface area contributed by atoms with Gasteiger partial charge in [-0.15, -0.1) is 0 Å². The summed E-state index contributed by atoms with van der Waals surface area (Å²) < 4.78 is 58.6. The average molecular weight is 460 g/mol. The van der Waals surface area contributed by atoms with Gasteiger partial charge in [-0.3, -0.25) is 9.89 Å². The van der Waals surface area contributed by atoms with Gasteiger partial charge in [0.2, 0.25) is 10.9 Å². The highest BCUT2D eigenvalue weighted by Crippen LogP contribution is 2.37. The Bertz CT molecular complexity index is 1440. The van der Waals surface area contributed by atoms with E-state index in [0.29, 0.717) is 28.5 Å². The van der Waals surface area contributed by atoms with Crippen LogP contribution in [-0.4, -0.2) is 29.7 Å². The third kappa shape index (κ3) is 4.39. The Kier molecular flexibility index (Phi) is 6.01. The molecule has 2 N–H and O–H groups in total. The van der Waals surface area contributed by atoms with Crippen molar-refractivity contribution >= 4 is 21.8 Å². The molecule has 0 aliphatic rings. The Hall–Kier alpha value is -3.57. The molecule has 0 saturated heterocycles. The molecule has 0 aliphatic heterocycles. The number of thiol groups is 1. The highest BCUT2D eigenvalue weighted by atomic mass is 32.2. The van der Waals surface area contributed by atoms with Crippen LogP contribution >= 0.6 is 0 Å². The number of fused-ring (bicyclic) bond motifs is 1. The lowest BCUT2D eigenvalue weighted by atomic mass is 9.99. The van der Waals surface area contributed by atoms with Crippen LogP contribution in [0, 0.1) is 11.6 Å². The second-order valence-electron chi connectivity index (χ2n) is 7.04. The van der Waals surface area contributed by atoms with Crippen molar-refractivity contribution in [3.8, 4) is 22.6 Å². The van der Waals surface area contributed by atoms with Crippen molar-refractivity contribution in [2.24, 2.45) is 7.05 Å². The van der Waals surface area contributed by atoms with E-state index < -0.39 is 22.5 Å². The summed E-state index contributed by atoms with van der Waals surface area (Å²) in [4.78, 5) is 12.4. The normalized spacial score (nSPS) is 11.4. The second kappa shape index (κ2) is 8.89. The Morgan fingerprint density at radius 1 is 1.12 bits per heavy atom. The number of hydrogen-bond acceptors (Lipinski definition) is 5. The SMILES string of the molecule is Cn1cc(-c2cc(CCN[SH](=O)=O)ccc2Oc2ccc(F)cc2F)c2cn[nH]c2c1=O. The number of aromatic nitrogens is 3. The topological polar surface area (TPSA) is 106 Å². The smallest absolute Gasteiger partial charge is 0.276 e. The molecule has 2 aromatic carbocycles. The number of rotatable bonds is 7. The minimum absolute atomic E-state index is 0.168. The lowest BCUT2D eigenvalue weighted by molar-refractivity contribution is 0.439. The molecule has 32 heavy (non-hydrogen) atoms. The van der Waals surface area contributed by atoms with Gasteiger partial charge in [0.15, 0.2) is 11.6 Å². The summed E-state index contributed by atoms with van der Waals surface area (Å²) in [5.41, 5.74) is 1.92. The third-order valence-electron chi connectivity index (χ3n) is 4.89. The molecule has 0 amide bonds. The zero-order chi connectivity index (χ0) is 22.8. The quantitative estimate of drug-likeness (QED) is 0.368. The van der Waals surface area contributed by atoms with Gasteiger partial charge in [0.25, 0.3) is 5.56 Å². The van der Waals surface area contributed by atoms with E-state index in [-0.39, 0.29) is 23.6 Å². The molecule has 0 saturated carbocycles. The lowest BCUT2D eigenvalue weighted by Gasteiger charge is -2.15. The number of hydrogen-bond donors (Lipinski definition) is 3. The van der Waals surface area contributed by atoms with Crippen molar-refractivity contribution < 1.29 is 21.9 Å². The maximum atomic E-state index is 14.2. The number of nitrogens with one attached hydrogen (secondary N) is 2. The largest absolute Gasteiger partial charge is 0.454 e. The van der Waals surface area contributed by atoms with E-state index in [0.717, 1.165) is 17.7 Å². The molecule has 0 fully saturated rings. The van der Waals surface area contributed by atoms with Gasteiger partial charge in [-0.05, 0) is 36.2 Å². The fourth-order valence-corrected chi connectivity index (χ4v) is 3.66. The van der Waals surface area contributed by atoms with Crippen LogP contribution in [0.4, 0.5) is 8.78 Å². The number of H-pyrrole nitrogens is 1. The van der Waals surface area contributed by atoms with Crippen LogP contribution < -0.4 is 15.0 Å². The lowest BCUT2D eigenvalue weighted by Crippen LogP contribution is -2.16. The van der Waals surface area contributed by atoms with Crippen LogP contribution in [0.15, 0.2) is 53.6 Å². The summed E-state index contributed by atoms with van der Waals surface area (Å²) in [6.45, 7) is 0.194. The molecule has 2 heterocycles. The van der Waals surface area contributed by atoms with Gasteiger partial charge >= 0.3 is 0 Å². The van der Waals surface area contributed by atoms with Crippen LogP contribution in [0.25, 0.3) is 22.0 Å². The number of aryl methyl sites for hydroxylation is 1. The molecule has 0 atom stereocenters. The molecule has 2 aromatic heterocycles. The first-order valence-electron chi connectivity index (χ1n) is 9.50. The van der Waals surface area contributed by atoms with E-state index in [2.05, 4.69) is 14.9 Å². The predicted molar refractivity (Wildman–Crippen MR) is 115 cm³/mol. The van der Waals surface area contributed by atoms with Crippen molar-refractivity contribution in [3.05, 3.63) is 76.3 Å². The highest BCUT2D eigenvalue weighted by molar-refractivity contribution is 7.70. The molecule has 166 valence electrons. The Morgan fingerprint density at radius 2 is 1.91 bits per heavy atom. The molecule has 4 rings (SSSR count). The first-order valence-corrected chi connectivity index (χ1v) is 10.7. The maximum absolute atomic E-state index is 14.2. The second-order valence-corrected chi connectivity index (χ2v) is 7.87. The van der Waals surface area contributed by atoms with E-state index in [1.807, 2.05) is 0 Å². The van der Waals surface area contributed by atoms with Crippen molar-refractivity contribution in [1.82, 2.24) is 19.5 Å². The molecule has 8 nitrogen and oxygen atoms in total. The van der Waals surface area contributed by atoms with Gasteiger partial charge in [-0.2, -0.15) is 5.10 Å². The summed E-state index contributed by atoms with van der Waals surface area (Å²) in [6.07, 6.45) is 3.51. The Labute approximate surface area is 182 Å². The van der Waals surface area contributed by atoms with Crippen molar-refractivity contribution in [1.29, 1.82) is 0 Å². The zero-order valence-electron chi connectivity index (χ0n) is 16.8. The predicted octanol–water partition coefficient (Wildman–Crippen LogP) is 2.66. The van der Waals surface area contributed by atoms with E-state index in [1.54, 1.807) is 31.4 Å². The van der Waals surface area contributed by atoms with Crippen LogP contribution in [0.3, 0.4) is 0 Å². The molecular weight excluding hydrogens is 442 g/mol. The maximum Gasteiger partial charge on any atom is 0.276 e. The summed E-state index contributed by atoms with van der Waals surface area (Å²) in [5, 5.41) is 7.18. The molecule has 0 bridgehead atoms. The summed E-state index contributed by atoms with van der Waals surface area (Å²) in [6, 6.07) is 8.09. The van der Waals surface area contributed by atoms with Gasteiger partial charge in [0.05, 0.1) is 6.20 Å². The minimum atomic E-state index is -2.72. The Morgan fingerprint density at radius 3 is 2.66 bits per heavy atom. The van der Waals surface area contributed by atoms with Gasteiger partial charge in [-0.25, -0.2) is 21.9 Å².